The van der Waals surface area contributed by atoms with Gasteiger partial charge in [0.05, 0.1) is 0 Å². The summed E-state index contributed by atoms with van der Waals surface area (Å²) in [5.41, 5.74) is 10.1. The van der Waals surface area contributed by atoms with Crippen LogP contribution in [0.4, 0.5) is 0 Å². The van der Waals surface area contributed by atoms with Crippen LogP contribution in [0.15, 0.2) is 18.2 Å². The summed E-state index contributed by atoms with van der Waals surface area (Å²) in [4.78, 5) is 2.47. The van der Waals surface area contributed by atoms with E-state index in [1.165, 1.54) is 48.9 Å². The van der Waals surface area contributed by atoms with Gasteiger partial charge in [-0.05, 0) is 50.8 Å². The van der Waals surface area contributed by atoms with E-state index >= 15 is 0 Å². The van der Waals surface area contributed by atoms with E-state index in [4.69, 9.17) is 5.73 Å². The molecule has 1 atom stereocenters. The second kappa shape index (κ2) is 6.53. The van der Waals surface area contributed by atoms with Crippen molar-refractivity contribution in [3.05, 3.63) is 34.9 Å². The first kappa shape index (κ1) is 14.5. The Morgan fingerprint density at radius 3 is 2.53 bits per heavy atom. The highest BCUT2D eigenvalue weighted by Crippen LogP contribution is 2.29. The minimum atomic E-state index is 0.362. The largest absolute Gasteiger partial charge is 0.329 e. The maximum atomic E-state index is 6.05. The fourth-order valence-electron chi connectivity index (χ4n) is 3.47. The fraction of sp³-hybridized carbons (Fsp3) is 0.647. The van der Waals surface area contributed by atoms with Crippen molar-refractivity contribution in [3.8, 4) is 0 Å². The van der Waals surface area contributed by atoms with Crippen molar-refractivity contribution < 1.29 is 0 Å². The highest BCUT2D eigenvalue weighted by Gasteiger charge is 2.22. The molecule has 19 heavy (non-hydrogen) atoms. The number of hydrogen-bond acceptors (Lipinski definition) is 2. The van der Waals surface area contributed by atoms with E-state index in [0.29, 0.717) is 12.6 Å². The number of aryl methyl sites for hydroxylation is 2. The Morgan fingerprint density at radius 2 is 1.95 bits per heavy atom. The predicted octanol–water partition coefficient (Wildman–Crippen LogP) is 3.43. The van der Waals surface area contributed by atoms with Gasteiger partial charge in [-0.2, -0.15) is 0 Å². The highest BCUT2D eigenvalue weighted by molar-refractivity contribution is 5.33. The molecule has 0 radical (unpaired) electrons. The predicted molar refractivity (Wildman–Crippen MR) is 82.3 cm³/mol. The number of hydrogen-bond donors (Lipinski definition) is 1. The van der Waals surface area contributed by atoms with Crippen molar-refractivity contribution in [2.45, 2.75) is 45.6 Å². The number of benzene rings is 1. The van der Waals surface area contributed by atoms with Gasteiger partial charge in [0.25, 0.3) is 0 Å². The van der Waals surface area contributed by atoms with E-state index in [1.807, 2.05) is 0 Å². The summed E-state index contributed by atoms with van der Waals surface area (Å²) in [5, 5.41) is 0. The molecule has 0 bridgehead atoms. The Labute approximate surface area is 118 Å². The zero-order chi connectivity index (χ0) is 13.8. The molecule has 1 aromatic carbocycles. The molecule has 2 N–H and O–H groups in total. The monoisotopic (exact) mass is 260 g/mol. The summed E-state index contributed by atoms with van der Waals surface area (Å²) < 4.78 is 0. The van der Waals surface area contributed by atoms with Gasteiger partial charge in [-0.1, -0.05) is 36.6 Å². The Bertz CT molecular complexity index is 408. The first-order valence-corrected chi connectivity index (χ1v) is 7.59. The lowest BCUT2D eigenvalue weighted by molar-refractivity contribution is 0.212. The van der Waals surface area contributed by atoms with Gasteiger partial charge in [0, 0.05) is 19.1 Å². The van der Waals surface area contributed by atoms with Crippen LogP contribution in [-0.2, 0) is 0 Å². The standard InChI is InChI=1S/C17H28N2/c1-13-8-9-16(14(2)10-13)17(11-18)19(3)12-15-6-4-5-7-15/h8-10,15,17H,4-7,11-12,18H2,1-3H3. The van der Waals surface area contributed by atoms with Crippen molar-refractivity contribution >= 4 is 0 Å². The third-order valence-corrected chi connectivity index (χ3v) is 4.56. The van der Waals surface area contributed by atoms with E-state index in [1.54, 1.807) is 0 Å². The summed E-state index contributed by atoms with van der Waals surface area (Å²) in [6, 6.07) is 7.09. The van der Waals surface area contributed by atoms with Gasteiger partial charge in [0.1, 0.15) is 0 Å². The average Bonchev–Trinajstić information content (AvgIpc) is 2.85. The lowest BCUT2D eigenvalue weighted by Gasteiger charge is -2.30. The van der Waals surface area contributed by atoms with Crippen molar-refractivity contribution in [1.29, 1.82) is 0 Å². The van der Waals surface area contributed by atoms with Gasteiger partial charge in [0.2, 0.25) is 0 Å². The molecule has 0 heterocycles. The first-order valence-electron chi connectivity index (χ1n) is 7.59. The topological polar surface area (TPSA) is 29.3 Å². The number of nitrogens with zero attached hydrogens (tertiary/aromatic N) is 1. The molecule has 0 spiro atoms. The van der Waals surface area contributed by atoms with Crippen LogP contribution in [-0.4, -0.2) is 25.0 Å². The minimum Gasteiger partial charge on any atom is -0.329 e. The van der Waals surface area contributed by atoms with Crippen LogP contribution in [0.1, 0.15) is 48.4 Å². The van der Waals surface area contributed by atoms with Crippen LogP contribution in [0, 0.1) is 19.8 Å². The molecule has 1 fully saturated rings. The smallest absolute Gasteiger partial charge is 0.0470 e. The van der Waals surface area contributed by atoms with Gasteiger partial charge < -0.3 is 5.73 Å². The molecule has 106 valence electrons. The molecular formula is C17H28N2. The molecule has 2 heteroatoms. The van der Waals surface area contributed by atoms with Crippen molar-refractivity contribution in [2.24, 2.45) is 11.7 Å². The second-order valence-corrected chi connectivity index (χ2v) is 6.20. The summed E-state index contributed by atoms with van der Waals surface area (Å²) in [6.45, 7) is 6.24. The van der Waals surface area contributed by atoms with E-state index in [9.17, 15) is 0 Å². The second-order valence-electron chi connectivity index (χ2n) is 6.20. The van der Waals surface area contributed by atoms with Gasteiger partial charge in [0.15, 0.2) is 0 Å². The summed E-state index contributed by atoms with van der Waals surface area (Å²) in [5.74, 6) is 0.879. The number of rotatable bonds is 5. The third-order valence-electron chi connectivity index (χ3n) is 4.56. The quantitative estimate of drug-likeness (QED) is 0.879. The van der Waals surface area contributed by atoms with Gasteiger partial charge in [-0.3, -0.25) is 4.90 Å². The summed E-state index contributed by atoms with van der Waals surface area (Å²) in [6.07, 6.45) is 5.62. The summed E-state index contributed by atoms with van der Waals surface area (Å²) >= 11 is 0. The molecule has 2 nitrogen and oxygen atoms in total. The molecule has 2 rings (SSSR count). The van der Waals surface area contributed by atoms with Crippen LogP contribution in [0.3, 0.4) is 0 Å². The molecule has 0 aliphatic heterocycles. The first-order chi connectivity index (χ1) is 9.11. The van der Waals surface area contributed by atoms with Crippen molar-refractivity contribution in [3.63, 3.8) is 0 Å². The van der Waals surface area contributed by atoms with Crippen molar-refractivity contribution in [1.82, 2.24) is 4.90 Å². The maximum Gasteiger partial charge on any atom is 0.0470 e. The van der Waals surface area contributed by atoms with Crippen LogP contribution in [0.2, 0.25) is 0 Å². The average molecular weight is 260 g/mol. The lowest BCUT2D eigenvalue weighted by Crippen LogP contribution is -2.34. The SMILES string of the molecule is Cc1ccc(C(CN)N(C)CC2CCCC2)c(C)c1. The van der Waals surface area contributed by atoms with Crippen LogP contribution >= 0.6 is 0 Å². The Hall–Kier alpha value is -0.860. The van der Waals surface area contributed by atoms with Gasteiger partial charge in [-0.25, -0.2) is 0 Å². The van der Waals surface area contributed by atoms with E-state index < -0.39 is 0 Å². The van der Waals surface area contributed by atoms with E-state index in [2.05, 4.69) is 44.0 Å². The maximum absolute atomic E-state index is 6.05. The molecule has 0 saturated heterocycles. The highest BCUT2D eigenvalue weighted by atomic mass is 15.1. The van der Waals surface area contributed by atoms with Crippen LogP contribution < -0.4 is 5.73 Å². The molecule has 0 aromatic heterocycles. The van der Waals surface area contributed by atoms with Crippen molar-refractivity contribution in [2.75, 3.05) is 20.1 Å². The Kier molecular flexibility index (Phi) is 5.00. The zero-order valence-corrected chi connectivity index (χ0v) is 12.7. The molecule has 1 saturated carbocycles. The fourth-order valence-corrected chi connectivity index (χ4v) is 3.47. The molecule has 1 aliphatic rings. The normalized spacial score (nSPS) is 18.2. The molecule has 1 aliphatic carbocycles. The molecular weight excluding hydrogens is 232 g/mol. The number of nitrogens with two attached hydrogens (primary N) is 1. The zero-order valence-electron chi connectivity index (χ0n) is 12.7. The summed E-state index contributed by atoms with van der Waals surface area (Å²) in [7, 11) is 2.23. The molecule has 1 aromatic rings. The van der Waals surface area contributed by atoms with Gasteiger partial charge in [-0.15, -0.1) is 0 Å². The van der Waals surface area contributed by atoms with E-state index in [0.717, 1.165) is 5.92 Å². The number of likely N-dealkylation sites (N-methyl/N-ethyl adjacent to an activating group) is 1. The molecule has 1 unspecified atom stereocenters. The molecule has 0 amide bonds. The Balaban J connectivity index is 2.09. The van der Waals surface area contributed by atoms with Crippen LogP contribution in [0.25, 0.3) is 0 Å². The van der Waals surface area contributed by atoms with Gasteiger partial charge >= 0.3 is 0 Å². The Morgan fingerprint density at radius 1 is 1.26 bits per heavy atom. The third kappa shape index (κ3) is 3.58. The van der Waals surface area contributed by atoms with Crippen LogP contribution in [0.5, 0.6) is 0 Å². The minimum absolute atomic E-state index is 0.362. The lowest BCUT2D eigenvalue weighted by atomic mass is 9.97. The van der Waals surface area contributed by atoms with E-state index in [-0.39, 0.29) is 0 Å².